The molecule has 0 amide bonds. The number of rotatable bonds is 4. The molecule has 3 rings (SSSR count). The van der Waals surface area contributed by atoms with Crippen LogP contribution in [0.4, 0.5) is 0 Å². The van der Waals surface area contributed by atoms with Crippen LogP contribution in [0.15, 0.2) is 24.4 Å². The number of nitrogens with zero attached hydrogens (tertiary/aromatic N) is 4. The van der Waals surface area contributed by atoms with Crippen LogP contribution < -0.4 is 0 Å². The van der Waals surface area contributed by atoms with E-state index in [0.29, 0.717) is 5.02 Å². The van der Waals surface area contributed by atoms with Crippen molar-refractivity contribution >= 4 is 34.2 Å². The number of aromatic nitrogens is 4. The van der Waals surface area contributed by atoms with E-state index < -0.39 is 0 Å². The third-order valence-corrected chi connectivity index (χ3v) is 4.21. The Kier molecular flexibility index (Phi) is 3.69. The molecule has 104 valence electrons. The van der Waals surface area contributed by atoms with E-state index in [4.69, 9.17) is 11.6 Å². The van der Waals surface area contributed by atoms with Gasteiger partial charge in [-0.1, -0.05) is 16.1 Å². The Morgan fingerprint density at radius 1 is 1.45 bits per heavy atom. The van der Waals surface area contributed by atoms with Gasteiger partial charge in [0.2, 0.25) is 0 Å². The van der Waals surface area contributed by atoms with Gasteiger partial charge in [-0.15, -0.1) is 5.10 Å². The van der Waals surface area contributed by atoms with Crippen LogP contribution in [0.1, 0.15) is 23.7 Å². The highest BCUT2D eigenvalue weighted by Crippen LogP contribution is 2.23. The predicted octanol–water partition coefficient (Wildman–Crippen LogP) is 3.26. The Balaban J connectivity index is 1.82. The Morgan fingerprint density at radius 3 is 3.05 bits per heavy atom. The fourth-order valence-electron chi connectivity index (χ4n) is 2.05. The molecule has 1 N–H and O–H groups in total. The molecule has 0 fully saturated rings. The maximum Gasteiger partial charge on any atom is 0.124 e. The average molecular weight is 308 g/mol. The molecular formula is C13H14ClN5S. The van der Waals surface area contributed by atoms with Crippen LogP contribution in [0.3, 0.4) is 0 Å². The highest BCUT2D eigenvalue weighted by Gasteiger charge is 2.16. The van der Waals surface area contributed by atoms with Crippen LogP contribution in [-0.2, 0) is 6.54 Å². The van der Waals surface area contributed by atoms with Gasteiger partial charge < -0.3 is 4.98 Å². The molecule has 1 atom stereocenters. The van der Waals surface area contributed by atoms with Gasteiger partial charge in [-0.25, -0.2) is 4.98 Å². The lowest BCUT2D eigenvalue weighted by Gasteiger charge is -2.21. The second-order valence-corrected chi connectivity index (χ2v) is 6.07. The Morgan fingerprint density at radius 2 is 2.30 bits per heavy atom. The minimum Gasteiger partial charge on any atom is -0.341 e. The van der Waals surface area contributed by atoms with Crippen molar-refractivity contribution in [3.63, 3.8) is 0 Å². The van der Waals surface area contributed by atoms with E-state index in [-0.39, 0.29) is 6.04 Å². The van der Waals surface area contributed by atoms with Crippen LogP contribution in [-0.4, -0.2) is 31.5 Å². The minimum absolute atomic E-state index is 0.170. The van der Waals surface area contributed by atoms with E-state index in [1.165, 1.54) is 11.5 Å². The summed E-state index contributed by atoms with van der Waals surface area (Å²) in [4.78, 5) is 11.3. The van der Waals surface area contributed by atoms with E-state index in [0.717, 1.165) is 28.3 Å². The summed E-state index contributed by atoms with van der Waals surface area (Å²) in [6.07, 6.45) is 1.80. The largest absolute Gasteiger partial charge is 0.341 e. The normalized spacial score (nSPS) is 13.2. The summed E-state index contributed by atoms with van der Waals surface area (Å²) in [5.41, 5.74) is 1.90. The molecule has 0 saturated carbocycles. The predicted molar refractivity (Wildman–Crippen MR) is 80.9 cm³/mol. The summed E-state index contributed by atoms with van der Waals surface area (Å²) < 4.78 is 3.88. The quantitative estimate of drug-likeness (QED) is 0.804. The van der Waals surface area contributed by atoms with Gasteiger partial charge in [0.1, 0.15) is 5.82 Å². The van der Waals surface area contributed by atoms with Gasteiger partial charge in [0.25, 0.3) is 0 Å². The van der Waals surface area contributed by atoms with Crippen molar-refractivity contribution in [3.05, 3.63) is 40.1 Å². The molecule has 1 unspecified atom stereocenters. The molecule has 5 nitrogen and oxygen atoms in total. The summed E-state index contributed by atoms with van der Waals surface area (Å²) >= 11 is 7.41. The molecule has 0 bridgehead atoms. The second kappa shape index (κ2) is 5.47. The van der Waals surface area contributed by atoms with E-state index >= 15 is 0 Å². The highest BCUT2D eigenvalue weighted by atomic mass is 35.5. The first-order chi connectivity index (χ1) is 9.63. The molecule has 0 radical (unpaired) electrons. The van der Waals surface area contributed by atoms with Gasteiger partial charge in [0.05, 0.1) is 28.1 Å². The molecule has 20 heavy (non-hydrogen) atoms. The molecule has 0 aliphatic carbocycles. The first-order valence-electron chi connectivity index (χ1n) is 6.25. The Bertz CT molecular complexity index is 709. The number of imidazole rings is 1. The van der Waals surface area contributed by atoms with Gasteiger partial charge >= 0.3 is 0 Å². The highest BCUT2D eigenvalue weighted by molar-refractivity contribution is 7.05. The van der Waals surface area contributed by atoms with Gasteiger partial charge in [-0.2, -0.15) is 0 Å². The molecule has 2 aromatic heterocycles. The third-order valence-electron chi connectivity index (χ3n) is 3.33. The number of fused-ring (bicyclic) bond motifs is 1. The summed E-state index contributed by atoms with van der Waals surface area (Å²) in [5.74, 6) is 0.933. The maximum absolute atomic E-state index is 5.99. The van der Waals surface area contributed by atoms with Crippen molar-refractivity contribution in [2.75, 3.05) is 7.05 Å². The molecule has 0 spiro atoms. The van der Waals surface area contributed by atoms with Crippen molar-refractivity contribution in [3.8, 4) is 0 Å². The fraction of sp³-hybridized carbons (Fsp3) is 0.308. The van der Waals surface area contributed by atoms with E-state index in [9.17, 15) is 0 Å². The number of benzene rings is 1. The van der Waals surface area contributed by atoms with Gasteiger partial charge in [-0.05, 0) is 43.7 Å². The van der Waals surface area contributed by atoms with Crippen molar-refractivity contribution in [1.82, 2.24) is 24.5 Å². The summed E-state index contributed by atoms with van der Waals surface area (Å²) in [5, 5.41) is 4.57. The van der Waals surface area contributed by atoms with Gasteiger partial charge in [0.15, 0.2) is 0 Å². The summed E-state index contributed by atoms with van der Waals surface area (Å²) in [7, 11) is 2.06. The van der Waals surface area contributed by atoms with E-state index in [1.807, 2.05) is 18.2 Å². The van der Waals surface area contributed by atoms with E-state index in [1.54, 1.807) is 6.20 Å². The van der Waals surface area contributed by atoms with Crippen LogP contribution in [0.5, 0.6) is 0 Å². The molecule has 7 heteroatoms. The number of hydrogen-bond donors (Lipinski definition) is 1. The third kappa shape index (κ3) is 2.67. The molecule has 0 saturated heterocycles. The van der Waals surface area contributed by atoms with Crippen LogP contribution in [0.2, 0.25) is 5.02 Å². The Hall–Kier alpha value is -1.50. The van der Waals surface area contributed by atoms with Crippen molar-refractivity contribution < 1.29 is 0 Å². The smallest absolute Gasteiger partial charge is 0.124 e. The van der Waals surface area contributed by atoms with Gasteiger partial charge in [-0.3, -0.25) is 4.90 Å². The number of nitrogens with one attached hydrogen (secondary N) is 1. The number of halogens is 1. The van der Waals surface area contributed by atoms with Crippen LogP contribution in [0, 0.1) is 0 Å². The molecule has 2 heterocycles. The second-order valence-electron chi connectivity index (χ2n) is 4.76. The lowest BCUT2D eigenvalue weighted by Crippen LogP contribution is -2.22. The lowest BCUT2D eigenvalue weighted by molar-refractivity contribution is 0.247. The maximum atomic E-state index is 5.99. The number of hydrogen-bond acceptors (Lipinski definition) is 5. The molecular weight excluding hydrogens is 294 g/mol. The zero-order valence-corrected chi connectivity index (χ0v) is 12.7. The van der Waals surface area contributed by atoms with Crippen LogP contribution >= 0.6 is 23.1 Å². The van der Waals surface area contributed by atoms with E-state index in [2.05, 4.69) is 38.4 Å². The summed E-state index contributed by atoms with van der Waals surface area (Å²) in [6.45, 7) is 2.92. The van der Waals surface area contributed by atoms with Gasteiger partial charge in [0, 0.05) is 11.6 Å². The van der Waals surface area contributed by atoms with Crippen molar-refractivity contribution in [2.45, 2.75) is 19.5 Å². The minimum atomic E-state index is 0.170. The van der Waals surface area contributed by atoms with Crippen molar-refractivity contribution in [1.29, 1.82) is 0 Å². The zero-order chi connectivity index (χ0) is 14.1. The first kappa shape index (κ1) is 13.5. The zero-order valence-electron chi connectivity index (χ0n) is 11.2. The first-order valence-corrected chi connectivity index (χ1v) is 7.40. The topological polar surface area (TPSA) is 57.7 Å². The lowest BCUT2D eigenvalue weighted by atomic mass is 10.3. The number of aromatic amines is 1. The fourth-order valence-corrected chi connectivity index (χ4v) is 2.78. The molecule has 0 aliphatic heterocycles. The van der Waals surface area contributed by atoms with Crippen molar-refractivity contribution in [2.24, 2.45) is 0 Å². The summed E-state index contributed by atoms with van der Waals surface area (Å²) in [6, 6.07) is 5.85. The number of H-pyrrole nitrogens is 1. The molecule has 0 aliphatic rings. The average Bonchev–Trinajstić information content (AvgIpc) is 3.06. The standard InChI is InChI=1S/C13H14ClN5S/c1-8(19(2)7-10-6-15-18-20-10)13-16-11-4-3-9(14)5-12(11)17-13/h3-6,8H,7H2,1-2H3,(H,16,17). The molecule has 1 aromatic carbocycles. The monoisotopic (exact) mass is 307 g/mol. The molecule has 3 aromatic rings. The Labute approximate surface area is 125 Å². The van der Waals surface area contributed by atoms with Crippen LogP contribution in [0.25, 0.3) is 11.0 Å². The SMILES string of the molecule is CC(c1nc2ccc(Cl)cc2[nH]1)N(C)Cc1cnns1.